The zero-order chi connectivity index (χ0) is 25.1. The second-order valence-electron chi connectivity index (χ2n) is 9.14. The second-order valence-corrected chi connectivity index (χ2v) is 9.14. The molecule has 4 aromatic rings. The third kappa shape index (κ3) is 3.41. The first-order valence-electron chi connectivity index (χ1n) is 11.5. The first-order chi connectivity index (χ1) is 17.3. The average Bonchev–Trinajstić information content (AvgIpc) is 3.50. The number of benzene rings is 2. The van der Waals surface area contributed by atoms with Crippen molar-refractivity contribution in [2.75, 3.05) is 0 Å². The molecule has 7 nitrogen and oxygen atoms in total. The zero-order valence-corrected chi connectivity index (χ0v) is 19.1. The molecule has 1 amide bonds. The topological polar surface area (TPSA) is 68.8 Å². The smallest absolute Gasteiger partial charge is 0.254 e. The van der Waals surface area contributed by atoms with E-state index in [4.69, 9.17) is 0 Å². The molecule has 11 heteroatoms. The van der Waals surface area contributed by atoms with Gasteiger partial charge in [-0.1, -0.05) is 0 Å². The molecular formula is C25H20F4N6O. The highest BCUT2D eigenvalue weighted by atomic mass is 19.2. The van der Waals surface area contributed by atoms with Crippen LogP contribution in [0.2, 0.25) is 0 Å². The largest absolute Gasteiger partial charge is 0.327 e. The number of rotatable bonds is 3. The van der Waals surface area contributed by atoms with Crippen LogP contribution in [0.15, 0.2) is 43.0 Å². The zero-order valence-electron chi connectivity index (χ0n) is 19.1. The van der Waals surface area contributed by atoms with Crippen LogP contribution in [0.3, 0.4) is 0 Å². The van der Waals surface area contributed by atoms with E-state index in [-0.39, 0.29) is 29.2 Å². The average molecular weight is 496 g/mol. The summed E-state index contributed by atoms with van der Waals surface area (Å²) < 4.78 is 59.0. The number of piperidine rings is 1. The minimum absolute atomic E-state index is 0.161. The van der Waals surface area contributed by atoms with Crippen LogP contribution in [-0.4, -0.2) is 41.4 Å². The fourth-order valence-corrected chi connectivity index (χ4v) is 5.52. The Labute approximate surface area is 203 Å². The summed E-state index contributed by atoms with van der Waals surface area (Å²) in [5, 5.41) is 12.0. The predicted molar refractivity (Wildman–Crippen MR) is 120 cm³/mol. The molecule has 36 heavy (non-hydrogen) atoms. The molecular weight excluding hydrogens is 476 g/mol. The third-order valence-corrected chi connectivity index (χ3v) is 7.06. The first kappa shape index (κ1) is 22.4. The van der Waals surface area contributed by atoms with Gasteiger partial charge in [0.25, 0.3) is 5.91 Å². The van der Waals surface area contributed by atoms with Crippen molar-refractivity contribution >= 4 is 5.91 Å². The monoisotopic (exact) mass is 496 g/mol. The lowest BCUT2D eigenvalue weighted by Crippen LogP contribution is -2.49. The Balaban J connectivity index is 1.41. The quantitative estimate of drug-likeness (QED) is 0.309. The van der Waals surface area contributed by atoms with E-state index in [9.17, 15) is 22.4 Å². The number of amides is 1. The van der Waals surface area contributed by atoms with Gasteiger partial charge in [-0.05, 0) is 56.0 Å². The number of carbonyl (C=O) groups is 1. The molecule has 2 aliphatic heterocycles. The van der Waals surface area contributed by atoms with Crippen LogP contribution >= 0.6 is 0 Å². The molecule has 184 valence electrons. The molecule has 0 aliphatic carbocycles. The van der Waals surface area contributed by atoms with Crippen LogP contribution < -0.4 is 0 Å². The van der Waals surface area contributed by atoms with Crippen molar-refractivity contribution in [2.24, 2.45) is 7.05 Å². The van der Waals surface area contributed by atoms with Gasteiger partial charge in [0.2, 0.25) is 0 Å². The molecule has 6 rings (SSSR count). The Hall–Kier alpha value is -4.02. The number of aryl methyl sites for hydroxylation is 1. The Morgan fingerprint density at radius 2 is 1.69 bits per heavy atom. The highest BCUT2D eigenvalue weighted by Gasteiger charge is 2.43. The normalized spacial score (nSPS) is 18.9. The fourth-order valence-electron chi connectivity index (χ4n) is 5.52. The molecule has 4 heterocycles. The van der Waals surface area contributed by atoms with Crippen LogP contribution in [0.1, 0.15) is 46.9 Å². The van der Waals surface area contributed by atoms with E-state index in [0.29, 0.717) is 29.8 Å². The molecule has 2 atom stereocenters. The Bertz CT molecular complexity index is 1480. The van der Waals surface area contributed by atoms with Gasteiger partial charge >= 0.3 is 0 Å². The van der Waals surface area contributed by atoms with E-state index in [1.807, 2.05) is 0 Å². The molecule has 2 aromatic carbocycles. The van der Waals surface area contributed by atoms with E-state index < -0.39 is 23.3 Å². The maximum atomic E-state index is 14.5. The lowest BCUT2D eigenvalue weighted by Gasteiger charge is -2.45. The van der Waals surface area contributed by atoms with Crippen molar-refractivity contribution < 1.29 is 22.4 Å². The molecule has 1 saturated heterocycles. The fraction of sp³-hybridized carbons (Fsp3) is 0.280. The molecule has 0 spiro atoms. The number of nitrogens with zero attached hydrogens (tertiary/aromatic N) is 6. The summed E-state index contributed by atoms with van der Waals surface area (Å²) in [6.07, 6.45) is 5.43. The Morgan fingerprint density at radius 1 is 0.972 bits per heavy atom. The third-order valence-electron chi connectivity index (χ3n) is 7.06. The first-order valence-corrected chi connectivity index (χ1v) is 11.5. The standard InChI is InChI=1S/C25H20F4N6O/c1-33-24(14-7-18(27)22(29)19(28)8-14)16-10-15-3-2-4-20(23(16)32-33)35(15)25(36)13-5-6-17(26)21(9-13)34-11-30-31-12-34/h5-9,11-12,15,20H,2-4,10H2,1H3/t15-,20-/m1/s1. The van der Waals surface area contributed by atoms with Gasteiger partial charge in [0.1, 0.15) is 18.5 Å². The van der Waals surface area contributed by atoms with Gasteiger partial charge in [0, 0.05) is 29.8 Å². The van der Waals surface area contributed by atoms with Crippen molar-refractivity contribution in [3.63, 3.8) is 0 Å². The van der Waals surface area contributed by atoms with Gasteiger partial charge in [-0.3, -0.25) is 14.0 Å². The number of hydrogen-bond acceptors (Lipinski definition) is 4. The van der Waals surface area contributed by atoms with Gasteiger partial charge in [-0.2, -0.15) is 5.10 Å². The van der Waals surface area contributed by atoms with E-state index in [2.05, 4.69) is 15.3 Å². The van der Waals surface area contributed by atoms with Crippen LogP contribution in [0.5, 0.6) is 0 Å². The second kappa shape index (κ2) is 8.28. The van der Waals surface area contributed by atoms with Crippen molar-refractivity contribution in [2.45, 2.75) is 37.8 Å². The van der Waals surface area contributed by atoms with Crippen molar-refractivity contribution in [1.29, 1.82) is 0 Å². The summed E-state index contributed by atoms with van der Waals surface area (Å²) in [5.41, 5.74) is 2.63. The van der Waals surface area contributed by atoms with Crippen LogP contribution in [0.4, 0.5) is 17.6 Å². The minimum Gasteiger partial charge on any atom is -0.327 e. The molecule has 2 bridgehead atoms. The summed E-state index contributed by atoms with van der Waals surface area (Å²) in [6.45, 7) is 0. The summed E-state index contributed by atoms with van der Waals surface area (Å²) in [4.78, 5) is 15.5. The van der Waals surface area contributed by atoms with Crippen LogP contribution in [0.25, 0.3) is 16.9 Å². The summed E-state index contributed by atoms with van der Waals surface area (Å²) in [6, 6.07) is 5.57. The van der Waals surface area contributed by atoms with E-state index in [1.54, 1.807) is 11.9 Å². The number of halogens is 4. The van der Waals surface area contributed by atoms with Gasteiger partial charge in [-0.25, -0.2) is 17.6 Å². The van der Waals surface area contributed by atoms with Crippen molar-refractivity contribution in [3.05, 3.63) is 83.1 Å². The predicted octanol–water partition coefficient (Wildman–Crippen LogP) is 4.52. The van der Waals surface area contributed by atoms with Crippen molar-refractivity contribution in [3.8, 4) is 16.9 Å². The van der Waals surface area contributed by atoms with E-state index in [1.165, 1.54) is 40.1 Å². The van der Waals surface area contributed by atoms with E-state index in [0.717, 1.165) is 30.5 Å². The van der Waals surface area contributed by atoms with Gasteiger partial charge in [0.05, 0.1) is 23.1 Å². The Kier molecular flexibility index (Phi) is 5.16. The summed E-state index contributed by atoms with van der Waals surface area (Å²) in [7, 11) is 1.66. The molecule has 2 aliphatic rings. The Morgan fingerprint density at radius 3 is 2.42 bits per heavy atom. The molecule has 1 fully saturated rings. The van der Waals surface area contributed by atoms with Gasteiger partial charge in [0.15, 0.2) is 17.5 Å². The number of fused-ring (bicyclic) bond motifs is 4. The molecule has 2 aromatic heterocycles. The SMILES string of the molecule is Cn1nc2c(c1-c1cc(F)c(F)c(F)c1)C[C@H]1CCC[C@H]2N1C(=O)c1ccc(F)c(-n2cnnc2)c1. The number of aromatic nitrogens is 5. The highest BCUT2D eigenvalue weighted by molar-refractivity contribution is 5.95. The number of carbonyl (C=O) groups excluding carboxylic acids is 1. The minimum atomic E-state index is -1.52. The van der Waals surface area contributed by atoms with Crippen LogP contribution in [-0.2, 0) is 13.5 Å². The maximum Gasteiger partial charge on any atom is 0.254 e. The maximum absolute atomic E-state index is 14.5. The lowest BCUT2D eigenvalue weighted by molar-refractivity contribution is 0.0392. The number of hydrogen-bond donors (Lipinski definition) is 0. The lowest BCUT2D eigenvalue weighted by atomic mass is 9.81. The highest BCUT2D eigenvalue weighted by Crippen LogP contribution is 2.45. The molecule has 0 saturated carbocycles. The summed E-state index contributed by atoms with van der Waals surface area (Å²) in [5.74, 6) is -4.83. The van der Waals surface area contributed by atoms with Crippen molar-refractivity contribution in [1.82, 2.24) is 29.4 Å². The van der Waals surface area contributed by atoms with Gasteiger partial charge in [-0.15, -0.1) is 10.2 Å². The van der Waals surface area contributed by atoms with Crippen LogP contribution in [0, 0.1) is 23.3 Å². The molecule has 0 unspecified atom stereocenters. The van der Waals surface area contributed by atoms with E-state index >= 15 is 0 Å². The van der Waals surface area contributed by atoms with Gasteiger partial charge < -0.3 is 4.90 Å². The summed E-state index contributed by atoms with van der Waals surface area (Å²) >= 11 is 0. The molecule has 0 radical (unpaired) electrons. The molecule has 0 N–H and O–H groups in total.